The van der Waals surface area contributed by atoms with Crippen LogP contribution in [0.2, 0.25) is 0 Å². The highest BCUT2D eigenvalue weighted by Gasteiger charge is 2.52. The summed E-state index contributed by atoms with van der Waals surface area (Å²) in [7, 11) is 3.44. The number of hydrogen-bond acceptors (Lipinski definition) is 5. The topological polar surface area (TPSA) is 52.6 Å². The van der Waals surface area contributed by atoms with E-state index in [1.165, 1.54) is 35.7 Å². The van der Waals surface area contributed by atoms with E-state index in [4.69, 9.17) is 9.47 Å². The maximum atomic E-state index is 13.2. The lowest BCUT2D eigenvalue weighted by Gasteiger charge is -2.55. The van der Waals surface area contributed by atoms with Gasteiger partial charge in [0.25, 0.3) is 0 Å². The second-order valence-electron chi connectivity index (χ2n) is 10.4. The zero-order valence-corrected chi connectivity index (χ0v) is 21.6. The van der Waals surface area contributed by atoms with E-state index in [1.54, 1.807) is 14.2 Å². The fourth-order valence-electron chi connectivity index (χ4n) is 6.54. The molecule has 3 atom stereocenters. The van der Waals surface area contributed by atoms with Crippen molar-refractivity contribution >= 4 is 22.7 Å². The fraction of sp³-hybridized carbons (Fsp3) is 0.517. The monoisotopic (exact) mass is 480 g/mol. The summed E-state index contributed by atoms with van der Waals surface area (Å²) in [6, 6.07) is 13.7. The molecule has 0 unspecified atom stereocenters. The molecule has 2 aliphatic rings. The van der Waals surface area contributed by atoms with E-state index >= 15 is 0 Å². The SMILES string of the molecule is COC[C@@]1(C)CCC[C@]2(C)c3cc(OC)c(C(=O)CCC(=O)Sc4ccccc4)cc3CC[C@@H]12. The molecule has 4 rings (SSSR count). The molecule has 0 bridgehead atoms. The van der Waals surface area contributed by atoms with Gasteiger partial charge in [-0.15, -0.1) is 0 Å². The van der Waals surface area contributed by atoms with Gasteiger partial charge in [-0.05, 0) is 77.8 Å². The lowest BCUT2D eigenvalue weighted by atomic mass is 9.50. The van der Waals surface area contributed by atoms with Gasteiger partial charge in [0.1, 0.15) is 5.75 Å². The molecule has 0 aliphatic heterocycles. The van der Waals surface area contributed by atoms with Crippen LogP contribution < -0.4 is 4.74 Å². The van der Waals surface area contributed by atoms with E-state index in [-0.39, 0.29) is 34.6 Å². The van der Waals surface area contributed by atoms with E-state index < -0.39 is 0 Å². The molecule has 2 aromatic rings. The van der Waals surface area contributed by atoms with Gasteiger partial charge in [0.15, 0.2) is 10.9 Å². The predicted octanol–water partition coefficient (Wildman–Crippen LogP) is 6.63. The van der Waals surface area contributed by atoms with Crippen molar-refractivity contribution in [2.75, 3.05) is 20.8 Å². The van der Waals surface area contributed by atoms with Crippen molar-refractivity contribution in [3.05, 3.63) is 59.2 Å². The molecule has 0 radical (unpaired) electrons. The molecule has 0 N–H and O–H groups in total. The summed E-state index contributed by atoms with van der Waals surface area (Å²) in [5.41, 5.74) is 3.41. The van der Waals surface area contributed by atoms with Crippen molar-refractivity contribution in [2.45, 2.75) is 69.1 Å². The summed E-state index contributed by atoms with van der Waals surface area (Å²) in [6.45, 7) is 5.55. The predicted molar refractivity (Wildman–Crippen MR) is 137 cm³/mol. The van der Waals surface area contributed by atoms with Crippen molar-refractivity contribution in [1.29, 1.82) is 0 Å². The molecule has 4 nitrogen and oxygen atoms in total. The second-order valence-corrected chi connectivity index (χ2v) is 11.5. The summed E-state index contributed by atoms with van der Waals surface area (Å²) >= 11 is 1.20. The van der Waals surface area contributed by atoms with Crippen molar-refractivity contribution in [1.82, 2.24) is 0 Å². The minimum absolute atomic E-state index is 0.00599. The van der Waals surface area contributed by atoms with Gasteiger partial charge in [-0.25, -0.2) is 0 Å². The van der Waals surface area contributed by atoms with Crippen LogP contribution in [0.25, 0.3) is 0 Å². The molecule has 2 aromatic carbocycles. The van der Waals surface area contributed by atoms with Crippen LogP contribution in [0.5, 0.6) is 5.75 Å². The van der Waals surface area contributed by atoms with Crippen molar-refractivity contribution in [3.8, 4) is 5.75 Å². The van der Waals surface area contributed by atoms with Gasteiger partial charge in [-0.1, -0.05) is 50.2 Å². The lowest BCUT2D eigenvalue weighted by Crippen LogP contribution is -2.50. The minimum atomic E-state index is -0.0261. The Morgan fingerprint density at radius 1 is 1.06 bits per heavy atom. The molecule has 0 heterocycles. The van der Waals surface area contributed by atoms with Crippen LogP contribution in [0.1, 0.15) is 73.9 Å². The lowest BCUT2D eigenvalue weighted by molar-refractivity contribution is -0.110. The Kier molecular flexibility index (Phi) is 7.54. The Labute approximate surface area is 207 Å². The highest BCUT2D eigenvalue weighted by atomic mass is 32.2. The number of Topliss-reactive ketones (excluding diaryl/α,β-unsaturated/α-hetero) is 1. The molecular weight excluding hydrogens is 444 g/mol. The number of hydrogen-bond donors (Lipinski definition) is 0. The Bertz CT molecular complexity index is 1050. The van der Waals surface area contributed by atoms with Gasteiger partial charge < -0.3 is 9.47 Å². The Morgan fingerprint density at radius 3 is 2.53 bits per heavy atom. The molecule has 0 spiro atoms. The first-order valence-electron chi connectivity index (χ1n) is 12.3. The molecule has 5 heteroatoms. The summed E-state index contributed by atoms with van der Waals surface area (Å²) in [4.78, 5) is 26.5. The number of carbonyl (C=O) groups is 2. The highest BCUT2D eigenvalue weighted by molar-refractivity contribution is 8.13. The van der Waals surface area contributed by atoms with Crippen LogP contribution in [0.4, 0.5) is 0 Å². The Hall–Kier alpha value is -2.11. The van der Waals surface area contributed by atoms with E-state index in [9.17, 15) is 9.59 Å². The second kappa shape index (κ2) is 10.2. The molecule has 0 saturated heterocycles. The smallest absolute Gasteiger partial charge is 0.194 e. The number of ether oxygens (including phenoxy) is 2. The number of rotatable bonds is 8. The van der Waals surface area contributed by atoms with Gasteiger partial charge >= 0.3 is 0 Å². The average molecular weight is 481 g/mol. The third kappa shape index (κ3) is 4.83. The number of carbonyl (C=O) groups excluding carboxylic acids is 2. The van der Waals surface area contributed by atoms with Crippen molar-refractivity contribution in [3.63, 3.8) is 0 Å². The zero-order chi connectivity index (χ0) is 24.3. The van der Waals surface area contributed by atoms with Crippen LogP contribution in [0.3, 0.4) is 0 Å². The van der Waals surface area contributed by atoms with Crippen LogP contribution in [0, 0.1) is 11.3 Å². The van der Waals surface area contributed by atoms with E-state index in [2.05, 4.69) is 26.0 Å². The summed E-state index contributed by atoms with van der Waals surface area (Å²) in [5, 5.41) is 0.00599. The van der Waals surface area contributed by atoms with Crippen LogP contribution in [-0.2, 0) is 21.4 Å². The summed E-state index contributed by atoms with van der Waals surface area (Å²) < 4.78 is 11.4. The van der Waals surface area contributed by atoms with E-state index in [0.29, 0.717) is 17.2 Å². The van der Waals surface area contributed by atoms with E-state index in [0.717, 1.165) is 30.8 Å². The molecule has 1 saturated carbocycles. The van der Waals surface area contributed by atoms with Crippen LogP contribution in [-0.4, -0.2) is 31.7 Å². The molecule has 182 valence electrons. The first-order chi connectivity index (χ1) is 16.3. The number of thioether (sulfide) groups is 1. The highest BCUT2D eigenvalue weighted by Crippen LogP contribution is 2.57. The van der Waals surface area contributed by atoms with Gasteiger partial charge in [0.2, 0.25) is 0 Å². The normalized spacial score (nSPS) is 25.8. The number of ketones is 1. The third-order valence-corrected chi connectivity index (χ3v) is 9.04. The number of fused-ring (bicyclic) bond motifs is 3. The van der Waals surface area contributed by atoms with Crippen LogP contribution >= 0.6 is 11.8 Å². The standard InChI is InChI=1S/C29H36O4S/c1-28(19-32-3)15-8-16-29(2)23-18-25(33-4)22(17-20(23)11-13-26(28)29)24(30)12-14-27(31)34-21-9-6-5-7-10-21/h5-7,9-10,17-18,26H,8,11-16,19H2,1-4H3/t26-,28+,29+/m0/s1. The van der Waals surface area contributed by atoms with Gasteiger partial charge in [-0.3, -0.25) is 9.59 Å². The fourth-order valence-corrected chi connectivity index (χ4v) is 7.30. The number of methoxy groups -OCH3 is 2. The summed E-state index contributed by atoms with van der Waals surface area (Å²) in [6.07, 6.45) is 5.99. The zero-order valence-electron chi connectivity index (χ0n) is 20.8. The molecule has 2 aliphatic carbocycles. The van der Waals surface area contributed by atoms with Gasteiger partial charge in [0.05, 0.1) is 19.3 Å². The van der Waals surface area contributed by atoms with Crippen LogP contribution in [0.15, 0.2) is 47.4 Å². The van der Waals surface area contributed by atoms with E-state index in [1.807, 2.05) is 30.3 Å². The molecule has 0 aromatic heterocycles. The number of aryl methyl sites for hydroxylation is 1. The number of benzene rings is 2. The van der Waals surface area contributed by atoms with Gasteiger partial charge in [0, 0.05) is 24.8 Å². The molecule has 1 fully saturated rings. The first-order valence-corrected chi connectivity index (χ1v) is 13.1. The third-order valence-electron chi connectivity index (χ3n) is 8.10. The average Bonchev–Trinajstić information content (AvgIpc) is 2.82. The maximum Gasteiger partial charge on any atom is 0.194 e. The Morgan fingerprint density at radius 2 is 1.82 bits per heavy atom. The molecular formula is C29H36O4S. The largest absolute Gasteiger partial charge is 0.496 e. The van der Waals surface area contributed by atoms with Crippen molar-refractivity contribution in [2.24, 2.45) is 11.3 Å². The minimum Gasteiger partial charge on any atom is -0.496 e. The molecule has 34 heavy (non-hydrogen) atoms. The summed E-state index contributed by atoms with van der Waals surface area (Å²) in [5.74, 6) is 1.15. The van der Waals surface area contributed by atoms with Crippen molar-refractivity contribution < 1.29 is 19.1 Å². The molecule has 0 amide bonds. The first kappa shape index (κ1) is 25.0. The Balaban J connectivity index is 1.54. The maximum absolute atomic E-state index is 13.2. The quantitative estimate of drug-likeness (QED) is 0.313. The van der Waals surface area contributed by atoms with Gasteiger partial charge in [-0.2, -0.15) is 0 Å².